The molecule has 8 heteroatoms. The summed E-state index contributed by atoms with van der Waals surface area (Å²) in [5.74, 6) is -1.30. The number of fused-ring (bicyclic) bond motifs is 3. The number of anilines is 1. The van der Waals surface area contributed by atoms with E-state index in [0.717, 1.165) is 23.3 Å². The highest BCUT2D eigenvalue weighted by Gasteiger charge is 2.57. The Morgan fingerprint density at radius 2 is 1.89 bits per heavy atom. The predicted octanol–water partition coefficient (Wildman–Crippen LogP) is 5.66. The third-order valence-corrected chi connectivity index (χ3v) is 8.05. The van der Waals surface area contributed by atoms with E-state index in [4.69, 9.17) is 4.74 Å². The van der Waals surface area contributed by atoms with Crippen molar-refractivity contribution in [3.05, 3.63) is 80.9 Å². The third-order valence-electron chi connectivity index (χ3n) is 8.05. The lowest BCUT2D eigenvalue weighted by molar-refractivity contribution is -0.384. The predicted molar refractivity (Wildman–Crippen MR) is 143 cm³/mol. The van der Waals surface area contributed by atoms with Crippen molar-refractivity contribution < 1.29 is 24.4 Å². The van der Waals surface area contributed by atoms with Gasteiger partial charge in [0.15, 0.2) is 0 Å². The molecule has 1 N–H and O–H groups in total. The molecule has 0 spiro atoms. The molecule has 2 fully saturated rings. The average molecular weight is 517 g/mol. The molecule has 2 aromatic rings. The van der Waals surface area contributed by atoms with Gasteiger partial charge in [-0.2, -0.15) is 0 Å². The summed E-state index contributed by atoms with van der Waals surface area (Å²) in [7, 11) is 0. The van der Waals surface area contributed by atoms with Crippen molar-refractivity contribution in [2.24, 2.45) is 23.7 Å². The summed E-state index contributed by atoms with van der Waals surface area (Å²) in [4.78, 5) is 39.1. The minimum absolute atomic E-state index is 0.115. The van der Waals surface area contributed by atoms with Crippen molar-refractivity contribution in [1.82, 2.24) is 0 Å². The van der Waals surface area contributed by atoms with Crippen molar-refractivity contribution >= 4 is 29.3 Å². The van der Waals surface area contributed by atoms with Crippen LogP contribution < -0.4 is 4.90 Å². The van der Waals surface area contributed by atoms with E-state index in [9.17, 15) is 24.8 Å². The normalized spacial score (nSPS) is 25.3. The number of allylic oxidation sites excluding steroid dienone is 2. The molecule has 1 aliphatic carbocycles. The van der Waals surface area contributed by atoms with E-state index in [-0.39, 0.29) is 46.9 Å². The summed E-state index contributed by atoms with van der Waals surface area (Å²) < 4.78 is 6.29. The van der Waals surface area contributed by atoms with E-state index < -0.39 is 16.8 Å². The molecule has 4 atom stereocenters. The SMILES string of the molecule is C/C(=C\c1ccc(O)cc1)CC[C@H]1OC[C@H]2C1=C(C(C)C)C[C@H]1C(=O)N(c3cccc([N+](=O)[O-])c3)C(=O)[C@H]12. The number of phenolic OH excluding ortho intramolecular Hbond substituents is 1. The number of ether oxygens (including phenoxy) is 1. The summed E-state index contributed by atoms with van der Waals surface area (Å²) in [6, 6.07) is 12.8. The lowest BCUT2D eigenvalue weighted by Crippen LogP contribution is -2.35. The summed E-state index contributed by atoms with van der Waals surface area (Å²) in [5, 5.41) is 20.8. The van der Waals surface area contributed by atoms with Crippen LogP contribution in [0.4, 0.5) is 11.4 Å². The molecular formula is C30H32N2O6. The highest BCUT2D eigenvalue weighted by atomic mass is 16.6. The fourth-order valence-corrected chi connectivity index (χ4v) is 6.24. The van der Waals surface area contributed by atoms with Crippen molar-refractivity contribution in [3.63, 3.8) is 0 Å². The number of nitrogens with zero attached hydrogens (tertiary/aromatic N) is 2. The number of phenols is 1. The van der Waals surface area contributed by atoms with Crippen LogP contribution in [-0.2, 0) is 14.3 Å². The highest BCUT2D eigenvalue weighted by Crippen LogP contribution is 2.52. The Kier molecular flexibility index (Phi) is 6.92. The number of rotatable bonds is 7. The molecule has 2 saturated heterocycles. The quantitative estimate of drug-likeness (QED) is 0.220. The van der Waals surface area contributed by atoms with E-state index in [1.807, 2.05) is 12.1 Å². The Balaban J connectivity index is 1.39. The number of hydrogen-bond acceptors (Lipinski definition) is 6. The van der Waals surface area contributed by atoms with Crippen LogP contribution in [0.2, 0.25) is 0 Å². The lowest BCUT2D eigenvalue weighted by Gasteiger charge is -2.33. The number of amides is 2. The van der Waals surface area contributed by atoms with Gasteiger partial charge in [-0.25, -0.2) is 4.90 Å². The van der Waals surface area contributed by atoms with Crippen LogP contribution in [0.1, 0.15) is 45.6 Å². The molecule has 5 rings (SSSR count). The summed E-state index contributed by atoms with van der Waals surface area (Å²) in [6.45, 7) is 6.69. The maximum Gasteiger partial charge on any atom is 0.271 e. The zero-order valence-electron chi connectivity index (χ0n) is 21.8. The fourth-order valence-electron chi connectivity index (χ4n) is 6.24. The standard InChI is InChI=1S/C30H32N2O6/c1-17(2)23-15-24-28(30(35)31(29(24)34)20-5-4-6-21(14-20)32(36)37)25-16-38-26(27(23)25)12-7-18(3)13-19-8-10-22(33)11-9-19/h4-6,8-11,13-14,17,24-26,28,33H,7,12,15-16H2,1-3H3/b18-13+/t24-,25+,26-,28-/m1/s1. The molecule has 8 nitrogen and oxygen atoms in total. The van der Waals surface area contributed by atoms with Gasteiger partial charge in [-0.1, -0.05) is 49.3 Å². The second-order valence-corrected chi connectivity index (χ2v) is 10.8. The van der Waals surface area contributed by atoms with Crippen LogP contribution in [0.3, 0.4) is 0 Å². The molecular weight excluding hydrogens is 484 g/mol. The van der Waals surface area contributed by atoms with E-state index in [1.165, 1.54) is 34.9 Å². The molecule has 2 aliphatic heterocycles. The smallest absolute Gasteiger partial charge is 0.271 e. The van der Waals surface area contributed by atoms with Gasteiger partial charge in [-0.3, -0.25) is 19.7 Å². The lowest BCUT2D eigenvalue weighted by atomic mass is 9.67. The third kappa shape index (κ3) is 4.65. The van der Waals surface area contributed by atoms with E-state index in [1.54, 1.807) is 18.2 Å². The molecule has 0 radical (unpaired) electrons. The first-order valence-electron chi connectivity index (χ1n) is 13.1. The zero-order chi connectivity index (χ0) is 27.1. The molecule has 38 heavy (non-hydrogen) atoms. The van der Waals surface area contributed by atoms with Crippen LogP contribution in [0.5, 0.6) is 5.75 Å². The molecule has 0 aromatic heterocycles. The summed E-state index contributed by atoms with van der Waals surface area (Å²) in [5.41, 5.74) is 4.67. The summed E-state index contributed by atoms with van der Waals surface area (Å²) >= 11 is 0. The number of hydrogen-bond donors (Lipinski definition) is 1. The van der Waals surface area contributed by atoms with Crippen LogP contribution >= 0.6 is 0 Å². The Morgan fingerprint density at radius 1 is 1.16 bits per heavy atom. The van der Waals surface area contributed by atoms with Gasteiger partial charge in [0.1, 0.15) is 5.75 Å². The Morgan fingerprint density at radius 3 is 2.58 bits per heavy atom. The molecule has 0 unspecified atom stereocenters. The largest absolute Gasteiger partial charge is 0.508 e. The first-order chi connectivity index (χ1) is 18.2. The first kappa shape index (κ1) is 25.9. The summed E-state index contributed by atoms with van der Waals surface area (Å²) in [6.07, 6.45) is 4.07. The number of carbonyl (C=O) groups is 2. The van der Waals surface area contributed by atoms with Crippen molar-refractivity contribution in [3.8, 4) is 5.75 Å². The van der Waals surface area contributed by atoms with Gasteiger partial charge >= 0.3 is 0 Å². The molecule has 2 heterocycles. The highest BCUT2D eigenvalue weighted by molar-refractivity contribution is 6.22. The van der Waals surface area contributed by atoms with E-state index >= 15 is 0 Å². The molecule has 0 saturated carbocycles. The maximum atomic E-state index is 13.7. The van der Waals surface area contributed by atoms with Gasteiger partial charge in [-0.05, 0) is 61.4 Å². The van der Waals surface area contributed by atoms with E-state index in [0.29, 0.717) is 13.0 Å². The topological polar surface area (TPSA) is 110 Å². The van der Waals surface area contributed by atoms with Gasteiger partial charge in [0.2, 0.25) is 11.8 Å². The molecule has 198 valence electrons. The van der Waals surface area contributed by atoms with Gasteiger partial charge in [-0.15, -0.1) is 0 Å². The van der Waals surface area contributed by atoms with Crippen LogP contribution in [0, 0.1) is 33.8 Å². The van der Waals surface area contributed by atoms with Crippen LogP contribution in [-0.4, -0.2) is 34.6 Å². The first-order valence-corrected chi connectivity index (χ1v) is 13.1. The molecule has 2 aromatic carbocycles. The zero-order valence-corrected chi connectivity index (χ0v) is 21.8. The fraction of sp³-hybridized carbons (Fsp3) is 0.400. The Labute approximate surface area is 221 Å². The number of aromatic hydroxyl groups is 1. The maximum absolute atomic E-state index is 13.7. The van der Waals surface area contributed by atoms with Gasteiger partial charge in [0, 0.05) is 18.1 Å². The second kappa shape index (κ2) is 10.2. The van der Waals surface area contributed by atoms with Gasteiger partial charge in [0.25, 0.3) is 5.69 Å². The van der Waals surface area contributed by atoms with Gasteiger partial charge in [0.05, 0.1) is 35.2 Å². The monoisotopic (exact) mass is 516 g/mol. The van der Waals surface area contributed by atoms with E-state index in [2.05, 4.69) is 26.8 Å². The Bertz CT molecular complexity index is 1340. The van der Waals surface area contributed by atoms with Gasteiger partial charge < -0.3 is 9.84 Å². The minimum Gasteiger partial charge on any atom is -0.508 e. The van der Waals surface area contributed by atoms with Crippen LogP contribution in [0.15, 0.2) is 65.3 Å². The number of non-ortho nitro benzene ring substituents is 1. The number of carbonyl (C=O) groups excluding carboxylic acids is 2. The number of imide groups is 1. The number of nitro benzene ring substituents is 1. The Hall–Kier alpha value is -3.78. The average Bonchev–Trinajstić information content (AvgIpc) is 3.42. The minimum atomic E-state index is -0.522. The van der Waals surface area contributed by atoms with Crippen molar-refractivity contribution in [2.75, 3.05) is 11.5 Å². The van der Waals surface area contributed by atoms with Crippen LogP contribution in [0.25, 0.3) is 6.08 Å². The number of nitro groups is 1. The van der Waals surface area contributed by atoms with Crippen molar-refractivity contribution in [2.45, 2.75) is 46.1 Å². The van der Waals surface area contributed by atoms with Crippen molar-refractivity contribution in [1.29, 1.82) is 0 Å². The molecule has 0 bridgehead atoms. The molecule has 2 amide bonds. The second-order valence-electron chi connectivity index (χ2n) is 10.8. The molecule has 3 aliphatic rings. The number of benzene rings is 2.